The van der Waals surface area contributed by atoms with E-state index in [0.29, 0.717) is 43.5 Å². The molecule has 0 spiro atoms. The van der Waals surface area contributed by atoms with Crippen molar-refractivity contribution in [2.45, 2.75) is 39.5 Å². The predicted octanol–water partition coefficient (Wildman–Crippen LogP) is 3.34. The number of rotatable bonds is 5. The topological polar surface area (TPSA) is 91.8 Å². The van der Waals surface area contributed by atoms with Crippen molar-refractivity contribution in [1.82, 2.24) is 14.7 Å². The van der Waals surface area contributed by atoms with E-state index in [1.165, 1.54) is 0 Å². The molecule has 1 aromatic heterocycles. The lowest BCUT2D eigenvalue weighted by atomic mass is 9.97. The number of carbonyl (C=O) groups excluding carboxylic acids is 1. The van der Waals surface area contributed by atoms with Gasteiger partial charge < -0.3 is 24.8 Å². The van der Waals surface area contributed by atoms with E-state index in [1.807, 2.05) is 54.1 Å². The van der Waals surface area contributed by atoms with Gasteiger partial charge in [0, 0.05) is 41.5 Å². The summed E-state index contributed by atoms with van der Waals surface area (Å²) in [5.74, 6) is 1.27. The van der Waals surface area contributed by atoms with Gasteiger partial charge in [0.25, 0.3) is 5.91 Å². The van der Waals surface area contributed by atoms with Gasteiger partial charge in [-0.2, -0.15) is 5.10 Å². The number of carbonyl (C=O) groups is 1. The Hall–Kier alpha value is -2.49. The summed E-state index contributed by atoms with van der Waals surface area (Å²) in [4.78, 5) is 15.5. The largest absolute Gasteiger partial charge is 0.496 e. The number of allylic oxidation sites excluding steroid dienone is 1. The van der Waals surface area contributed by atoms with E-state index in [-0.39, 0.29) is 12.5 Å². The molecule has 0 radical (unpaired) electrons. The zero-order chi connectivity index (χ0) is 23.0. The van der Waals surface area contributed by atoms with Crippen molar-refractivity contribution >= 4 is 23.4 Å². The fourth-order valence-corrected chi connectivity index (χ4v) is 4.72. The van der Waals surface area contributed by atoms with Crippen LogP contribution in [0.25, 0.3) is 17.0 Å². The molecule has 4 rings (SSSR count). The maximum absolute atomic E-state index is 13.7. The zero-order valence-electron chi connectivity index (χ0n) is 19.2. The number of thioether (sulfide) groups is 1. The Morgan fingerprint density at radius 1 is 1.41 bits per heavy atom. The number of fused-ring (bicyclic) bond motifs is 3. The summed E-state index contributed by atoms with van der Waals surface area (Å²) in [5, 5.41) is 6.83. The van der Waals surface area contributed by atoms with Crippen LogP contribution in [0.4, 0.5) is 0 Å². The van der Waals surface area contributed by atoms with Crippen molar-refractivity contribution in [1.29, 1.82) is 0 Å². The maximum atomic E-state index is 13.7. The van der Waals surface area contributed by atoms with Gasteiger partial charge in [0.1, 0.15) is 18.1 Å². The van der Waals surface area contributed by atoms with Crippen molar-refractivity contribution in [2.24, 2.45) is 5.73 Å². The van der Waals surface area contributed by atoms with Crippen LogP contribution in [0.1, 0.15) is 42.4 Å². The number of morpholine rings is 1. The number of nitrogens with zero attached hydrogens (tertiary/aromatic N) is 3. The minimum absolute atomic E-state index is 0.107. The first kappa shape index (κ1) is 22.7. The summed E-state index contributed by atoms with van der Waals surface area (Å²) in [6.07, 6.45) is 2.00. The monoisotopic (exact) mass is 458 g/mol. The minimum Gasteiger partial charge on any atom is -0.496 e. The first-order valence-corrected chi connectivity index (χ1v) is 11.9. The highest BCUT2D eigenvalue weighted by Gasteiger charge is 2.39. The summed E-state index contributed by atoms with van der Waals surface area (Å²) in [5.41, 5.74) is 10.3. The number of amides is 1. The van der Waals surface area contributed by atoms with Crippen LogP contribution in [0.5, 0.6) is 11.5 Å². The lowest BCUT2D eigenvalue weighted by Crippen LogP contribution is -2.55. The van der Waals surface area contributed by atoms with Crippen molar-refractivity contribution < 1.29 is 19.0 Å². The summed E-state index contributed by atoms with van der Waals surface area (Å²) in [7, 11) is 1.62. The molecule has 8 nitrogen and oxygen atoms in total. The standard InChI is InChI=1S/C23H30N4O4S/c1-14(12-32-5)27-21-16-8-15(10-24)18(29-4)9-19(16)31-11-17(21)20(25-27)22(28)26-6-7-30-13-23(26,2)3/h8-9,12H,6-7,10-11,13,24H2,1-5H3/b14-12+. The second-order valence-corrected chi connectivity index (χ2v) is 9.26. The van der Waals surface area contributed by atoms with Gasteiger partial charge >= 0.3 is 0 Å². The highest BCUT2D eigenvalue weighted by molar-refractivity contribution is 8.01. The van der Waals surface area contributed by atoms with Gasteiger partial charge in [0.2, 0.25) is 0 Å². The molecule has 0 bridgehead atoms. The molecule has 2 aliphatic heterocycles. The van der Waals surface area contributed by atoms with E-state index >= 15 is 0 Å². The Balaban J connectivity index is 1.90. The normalized spacial score (nSPS) is 17.4. The predicted molar refractivity (Wildman–Crippen MR) is 126 cm³/mol. The lowest BCUT2D eigenvalue weighted by Gasteiger charge is -2.41. The first-order chi connectivity index (χ1) is 15.3. The number of methoxy groups -OCH3 is 1. The molecular formula is C23H30N4O4S. The number of hydrogen-bond acceptors (Lipinski definition) is 7. The third kappa shape index (κ3) is 3.78. The number of ether oxygens (including phenoxy) is 3. The van der Waals surface area contributed by atoms with Gasteiger partial charge in [0.05, 0.1) is 31.6 Å². The van der Waals surface area contributed by atoms with E-state index in [2.05, 4.69) is 0 Å². The average Bonchev–Trinajstić information content (AvgIpc) is 3.17. The van der Waals surface area contributed by atoms with Crippen molar-refractivity contribution in [3.63, 3.8) is 0 Å². The highest BCUT2D eigenvalue weighted by Crippen LogP contribution is 2.43. The second kappa shape index (κ2) is 8.80. The minimum atomic E-state index is -0.413. The molecule has 2 aliphatic rings. The number of hydrogen-bond donors (Lipinski definition) is 1. The molecule has 1 saturated heterocycles. The molecule has 1 fully saturated rings. The van der Waals surface area contributed by atoms with Gasteiger partial charge in [-0.1, -0.05) is 0 Å². The Morgan fingerprint density at radius 3 is 2.84 bits per heavy atom. The Bertz CT molecular complexity index is 1080. The van der Waals surface area contributed by atoms with E-state index in [1.54, 1.807) is 18.9 Å². The van der Waals surface area contributed by atoms with Crippen LogP contribution in [0, 0.1) is 0 Å². The summed E-state index contributed by atoms with van der Waals surface area (Å²) in [6.45, 7) is 8.13. The zero-order valence-corrected chi connectivity index (χ0v) is 20.0. The van der Waals surface area contributed by atoms with Crippen molar-refractivity contribution in [3.8, 4) is 22.8 Å². The summed E-state index contributed by atoms with van der Waals surface area (Å²) < 4.78 is 19.0. The molecule has 9 heteroatoms. The van der Waals surface area contributed by atoms with E-state index in [0.717, 1.165) is 28.1 Å². The molecule has 1 amide bonds. The molecule has 0 unspecified atom stereocenters. The van der Waals surface area contributed by atoms with Gasteiger partial charge in [-0.25, -0.2) is 4.68 Å². The molecular weight excluding hydrogens is 428 g/mol. The number of nitrogens with two attached hydrogens (primary N) is 1. The Morgan fingerprint density at radius 2 is 2.19 bits per heavy atom. The van der Waals surface area contributed by atoms with Crippen molar-refractivity contribution in [2.75, 3.05) is 33.1 Å². The van der Waals surface area contributed by atoms with Crippen LogP contribution in [0.2, 0.25) is 0 Å². The summed E-state index contributed by atoms with van der Waals surface area (Å²) in [6, 6.07) is 3.83. The summed E-state index contributed by atoms with van der Waals surface area (Å²) >= 11 is 1.59. The van der Waals surface area contributed by atoms with Crippen LogP contribution < -0.4 is 15.2 Å². The molecule has 1 aromatic carbocycles. The lowest BCUT2D eigenvalue weighted by molar-refractivity contribution is -0.0374. The van der Waals surface area contributed by atoms with Crippen LogP contribution in [0.15, 0.2) is 17.5 Å². The first-order valence-electron chi connectivity index (χ1n) is 10.6. The third-order valence-electron chi connectivity index (χ3n) is 5.93. The molecule has 0 aliphatic carbocycles. The maximum Gasteiger partial charge on any atom is 0.275 e. The average molecular weight is 459 g/mol. The molecule has 0 saturated carbocycles. The third-order valence-corrected chi connectivity index (χ3v) is 6.51. The molecule has 172 valence electrons. The molecule has 2 N–H and O–H groups in total. The van der Waals surface area contributed by atoms with Gasteiger partial charge in [-0.3, -0.25) is 4.79 Å². The van der Waals surface area contributed by atoms with Crippen LogP contribution in [0.3, 0.4) is 0 Å². The smallest absolute Gasteiger partial charge is 0.275 e. The Labute approximate surface area is 192 Å². The van der Waals surface area contributed by atoms with E-state index in [9.17, 15) is 4.79 Å². The van der Waals surface area contributed by atoms with Crippen molar-refractivity contribution in [3.05, 3.63) is 34.4 Å². The van der Waals surface area contributed by atoms with Gasteiger partial charge in [0.15, 0.2) is 5.69 Å². The second-order valence-electron chi connectivity index (χ2n) is 8.56. The van der Waals surface area contributed by atoms with Crippen LogP contribution in [-0.2, 0) is 17.9 Å². The molecule has 2 aromatic rings. The van der Waals surface area contributed by atoms with Crippen LogP contribution in [-0.4, -0.2) is 59.3 Å². The van der Waals surface area contributed by atoms with Gasteiger partial charge in [-0.05, 0) is 38.5 Å². The van der Waals surface area contributed by atoms with Gasteiger partial charge in [-0.15, -0.1) is 11.8 Å². The Kier molecular flexibility index (Phi) is 6.24. The quantitative estimate of drug-likeness (QED) is 0.735. The fraction of sp³-hybridized carbons (Fsp3) is 0.478. The number of benzene rings is 1. The van der Waals surface area contributed by atoms with E-state index < -0.39 is 5.54 Å². The SMILES string of the molecule is COc1cc2c(cc1CN)-c1c(c(C(=O)N3CCOCC3(C)C)nn1/C(C)=C/SC)CO2. The van der Waals surface area contributed by atoms with E-state index in [4.69, 9.17) is 25.0 Å². The molecule has 3 heterocycles. The number of aromatic nitrogens is 2. The highest BCUT2D eigenvalue weighted by atomic mass is 32.2. The molecule has 0 atom stereocenters. The molecule has 32 heavy (non-hydrogen) atoms. The van der Waals surface area contributed by atoms with Crippen LogP contribution >= 0.6 is 11.8 Å². The fourth-order valence-electron chi connectivity index (χ4n) is 4.28.